The van der Waals surface area contributed by atoms with Crippen molar-refractivity contribution in [3.63, 3.8) is 0 Å². The maximum Gasteiger partial charge on any atom is 0.138 e. The molecule has 0 spiro atoms. The number of aromatic nitrogens is 3. The number of rotatable bonds is 6. The van der Waals surface area contributed by atoms with Gasteiger partial charge in [0.2, 0.25) is 0 Å². The molecule has 0 aliphatic heterocycles. The molecule has 0 aliphatic rings. The van der Waals surface area contributed by atoms with E-state index in [1.165, 1.54) is 5.56 Å². The summed E-state index contributed by atoms with van der Waals surface area (Å²) in [4.78, 5) is 4.31. The van der Waals surface area contributed by atoms with E-state index < -0.39 is 0 Å². The highest BCUT2D eigenvalue weighted by atomic mass is 127. The van der Waals surface area contributed by atoms with E-state index >= 15 is 0 Å². The van der Waals surface area contributed by atoms with Crippen LogP contribution in [0.5, 0.6) is 0 Å². The van der Waals surface area contributed by atoms with Crippen LogP contribution >= 0.6 is 34.2 Å². The van der Waals surface area contributed by atoms with Gasteiger partial charge in [-0.25, -0.2) is 4.98 Å². The summed E-state index contributed by atoms with van der Waals surface area (Å²) < 4.78 is 2.88. The first kappa shape index (κ1) is 15.7. The van der Waals surface area contributed by atoms with Crippen molar-refractivity contribution in [2.24, 2.45) is 7.05 Å². The van der Waals surface area contributed by atoms with Crippen molar-refractivity contribution in [1.29, 1.82) is 0 Å². The molecule has 1 unspecified atom stereocenters. The third-order valence-electron chi connectivity index (χ3n) is 3.18. The number of nitrogens with one attached hydrogen (secondary N) is 1. The topological polar surface area (TPSA) is 42.7 Å². The highest BCUT2D eigenvalue weighted by molar-refractivity contribution is 14.1. The summed E-state index contributed by atoms with van der Waals surface area (Å²) in [6.07, 6.45) is 3.48. The highest BCUT2D eigenvalue weighted by Gasteiger charge is 2.15. The second-order valence-electron chi connectivity index (χ2n) is 4.68. The molecule has 0 saturated carbocycles. The minimum absolute atomic E-state index is 0.201. The molecule has 0 amide bonds. The van der Waals surface area contributed by atoms with Gasteiger partial charge in [0.1, 0.15) is 12.2 Å². The Labute approximate surface area is 138 Å². The summed E-state index contributed by atoms with van der Waals surface area (Å²) >= 11 is 8.48. The van der Waals surface area contributed by atoms with Crippen LogP contribution in [0, 0.1) is 3.57 Å². The molecule has 6 heteroatoms. The van der Waals surface area contributed by atoms with Crippen molar-refractivity contribution < 1.29 is 0 Å². The molecular formula is C14H18ClIN4. The van der Waals surface area contributed by atoms with E-state index in [1.807, 2.05) is 17.8 Å². The van der Waals surface area contributed by atoms with E-state index in [9.17, 15) is 0 Å². The zero-order valence-electron chi connectivity index (χ0n) is 11.6. The van der Waals surface area contributed by atoms with Crippen LogP contribution in [0.4, 0.5) is 0 Å². The Bertz CT molecular complexity index is 570. The molecule has 4 nitrogen and oxygen atoms in total. The van der Waals surface area contributed by atoms with Gasteiger partial charge in [-0.3, -0.25) is 4.68 Å². The number of aryl methyl sites for hydroxylation is 1. The molecule has 1 N–H and O–H groups in total. The average Bonchev–Trinajstić information content (AvgIpc) is 2.83. The molecule has 20 heavy (non-hydrogen) atoms. The van der Waals surface area contributed by atoms with Crippen LogP contribution in [-0.4, -0.2) is 21.3 Å². The molecule has 2 aromatic rings. The average molecular weight is 405 g/mol. The van der Waals surface area contributed by atoms with Crippen molar-refractivity contribution in [1.82, 2.24) is 20.1 Å². The molecule has 0 fully saturated rings. The van der Waals surface area contributed by atoms with Crippen LogP contribution in [-0.2, 0) is 13.5 Å². The molecule has 0 bridgehead atoms. The van der Waals surface area contributed by atoms with Crippen LogP contribution in [0.3, 0.4) is 0 Å². The molecular weight excluding hydrogens is 387 g/mol. The summed E-state index contributed by atoms with van der Waals surface area (Å²) in [5, 5.41) is 8.48. The van der Waals surface area contributed by atoms with Crippen LogP contribution in [0.15, 0.2) is 24.5 Å². The normalized spacial score (nSPS) is 12.6. The number of nitrogens with zero attached hydrogens (tertiary/aromatic N) is 3. The SMILES string of the molecule is CCCNC(Cc1ncnn1C)c1ccc(I)c(Cl)c1. The third-order valence-corrected chi connectivity index (χ3v) is 4.75. The lowest BCUT2D eigenvalue weighted by atomic mass is 10.0. The fourth-order valence-corrected chi connectivity index (χ4v) is 2.57. The highest BCUT2D eigenvalue weighted by Crippen LogP contribution is 2.25. The molecule has 1 heterocycles. The molecule has 1 atom stereocenters. The van der Waals surface area contributed by atoms with Gasteiger partial charge in [0.25, 0.3) is 0 Å². The van der Waals surface area contributed by atoms with Crippen LogP contribution in [0.1, 0.15) is 30.8 Å². The molecule has 108 valence electrons. The number of hydrogen-bond acceptors (Lipinski definition) is 3. The van der Waals surface area contributed by atoms with Gasteiger partial charge >= 0.3 is 0 Å². The fraction of sp³-hybridized carbons (Fsp3) is 0.429. The predicted molar refractivity (Wildman–Crippen MR) is 89.9 cm³/mol. The Morgan fingerprint density at radius 2 is 2.25 bits per heavy atom. The zero-order chi connectivity index (χ0) is 14.5. The summed E-state index contributed by atoms with van der Waals surface area (Å²) in [7, 11) is 1.92. The first-order valence-corrected chi connectivity index (χ1v) is 8.08. The van der Waals surface area contributed by atoms with Crippen LogP contribution < -0.4 is 5.32 Å². The smallest absolute Gasteiger partial charge is 0.138 e. The summed E-state index contributed by atoms with van der Waals surface area (Å²) in [5.41, 5.74) is 1.19. The Morgan fingerprint density at radius 1 is 1.45 bits per heavy atom. The third kappa shape index (κ3) is 3.93. The first-order valence-electron chi connectivity index (χ1n) is 6.63. The van der Waals surface area contributed by atoms with Gasteiger partial charge in [-0.05, 0) is 53.3 Å². The maximum atomic E-state index is 6.24. The van der Waals surface area contributed by atoms with Gasteiger partial charge in [-0.2, -0.15) is 5.10 Å². The lowest BCUT2D eigenvalue weighted by molar-refractivity contribution is 0.506. The minimum atomic E-state index is 0.201. The number of hydrogen-bond donors (Lipinski definition) is 1. The summed E-state index contributed by atoms with van der Waals surface area (Å²) in [6, 6.07) is 6.41. The molecule has 0 aliphatic carbocycles. The van der Waals surface area contributed by atoms with E-state index in [0.29, 0.717) is 0 Å². The summed E-state index contributed by atoms with van der Waals surface area (Å²) in [6.45, 7) is 3.12. The standard InChI is InChI=1S/C14H18ClIN4/c1-3-6-17-13(8-14-18-9-19-20(14)2)10-4-5-12(16)11(15)7-10/h4-5,7,9,13,17H,3,6,8H2,1-2H3. The maximum absolute atomic E-state index is 6.24. The van der Waals surface area contributed by atoms with Gasteiger partial charge in [0.15, 0.2) is 0 Å². The molecule has 1 aromatic carbocycles. The quantitative estimate of drug-likeness (QED) is 0.751. The van der Waals surface area contributed by atoms with Crippen molar-refractivity contribution >= 4 is 34.2 Å². The predicted octanol–water partition coefficient (Wildman–Crippen LogP) is 3.36. The molecule has 0 saturated heterocycles. The van der Waals surface area contributed by atoms with Crippen molar-refractivity contribution in [2.75, 3.05) is 6.54 Å². The largest absolute Gasteiger partial charge is 0.310 e. The van der Waals surface area contributed by atoms with Crippen LogP contribution in [0.25, 0.3) is 0 Å². The van der Waals surface area contributed by atoms with E-state index in [4.69, 9.17) is 11.6 Å². The Balaban J connectivity index is 2.22. The first-order chi connectivity index (χ1) is 9.61. The van der Waals surface area contributed by atoms with Crippen molar-refractivity contribution in [2.45, 2.75) is 25.8 Å². The Hall–Kier alpha value is -0.660. The number of benzene rings is 1. The van der Waals surface area contributed by atoms with E-state index in [-0.39, 0.29) is 6.04 Å². The zero-order valence-corrected chi connectivity index (χ0v) is 14.5. The van der Waals surface area contributed by atoms with Crippen molar-refractivity contribution in [3.05, 3.63) is 44.5 Å². The van der Waals surface area contributed by atoms with Gasteiger partial charge in [0, 0.05) is 23.1 Å². The Kier molecular flexibility index (Phi) is 5.80. The second-order valence-corrected chi connectivity index (χ2v) is 6.25. The second kappa shape index (κ2) is 7.38. The van der Waals surface area contributed by atoms with Crippen molar-refractivity contribution in [3.8, 4) is 0 Å². The van der Waals surface area contributed by atoms with Gasteiger partial charge < -0.3 is 5.32 Å². The minimum Gasteiger partial charge on any atom is -0.310 e. The molecule has 2 rings (SSSR count). The van der Waals surface area contributed by atoms with E-state index in [1.54, 1.807) is 6.33 Å². The van der Waals surface area contributed by atoms with E-state index in [2.05, 4.69) is 57.0 Å². The van der Waals surface area contributed by atoms with Gasteiger partial charge in [-0.15, -0.1) is 0 Å². The number of halogens is 2. The van der Waals surface area contributed by atoms with Gasteiger partial charge in [0.05, 0.1) is 5.02 Å². The lowest BCUT2D eigenvalue weighted by Crippen LogP contribution is -2.25. The summed E-state index contributed by atoms with van der Waals surface area (Å²) in [5.74, 6) is 0.966. The van der Waals surface area contributed by atoms with E-state index in [0.717, 1.165) is 33.8 Å². The van der Waals surface area contributed by atoms with Gasteiger partial charge in [-0.1, -0.05) is 24.6 Å². The monoisotopic (exact) mass is 404 g/mol. The molecule has 1 aromatic heterocycles. The lowest BCUT2D eigenvalue weighted by Gasteiger charge is -2.19. The Morgan fingerprint density at radius 3 is 2.85 bits per heavy atom. The fourth-order valence-electron chi connectivity index (χ4n) is 2.04. The molecule has 0 radical (unpaired) electrons. The van der Waals surface area contributed by atoms with Crippen LogP contribution in [0.2, 0.25) is 5.02 Å².